The van der Waals surface area contributed by atoms with Gasteiger partial charge in [-0.2, -0.15) is 0 Å². The molecule has 1 saturated heterocycles. The maximum absolute atomic E-state index is 6.18. The van der Waals surface area contributed by atoms with Gasteiger partial charge in [0.2, 0.25) is 0 Å². The molecule has 3 heteroatoms. The first kappa shape index (κ1) is 12.2. The van der Waals surface area contributed by atoms with Gasteiger partial charge in [-0.15, -0.1) is 0 Å². The molecule has 1 fully saturated rings. The number of rotatable bonds is 3. The Balaban J connectivity index is 2.35. The van der Waals surface area contributed by atoms with Crippen molar-refractivity contribution in [2.75, 3.05) is 19.7 Å². The molecule has 0 saturated carbocycles. The quantitative estimate of drug-likeness (QED) is 0.731. The second-order valence-electron chi connectivity index (χ2n) is 5.93. The normalized spacial score (nSPS) is 24.2. The summed E-state index contributed by atoms with van der Waals surface area (Å²) in [5, 5.41) is 3.73. The molecule has 1 aliphatic heterocycles. The highest BCUT2D eigenvalue weighted by atomic mass is 28.4. The van der Waals surface area contributed by atoms with Crippen molar-refractivity contribution in [1.82, 2.24) is 5.32 Å². The molecule has 0 aliphatic carbocycles. The van der Waals surface area contributed by atoms with Crippen molar-refractivity contribution in [3.05, 3.63) is 0 Å². The monoisotopic (exact) mass is 215 g/mol. The largest absolute Gasteiger partial charge is 0.416 e. The fourth-order valence-corrected chi connectivity index (χ4v) is 2.48. The molecule has 0 unspecified atom stereocenters. The van der Waals surface area contributed by atoms with E-state index in [1.54, 1.807) is 0 Å². The Bertz CT molecular complexity index is 180. The van der Waals surface area contributed by atoms with E-state index in [-0.39, 0.29) is 0 Å². The smallest absolute Gasteiger partial charge is 0.191 e. The van der Waals surface area contributed by atoms with Gasteiger partial charge in [0, 0.05) is 13.2 Å². The summed E-state index contributed by atoms with van der Waals surface area (Å²) >= 11 is 0. The van der Waals surface area contributed by atoms with Crippen molar-refractivity contribution in [3.8, 4) is 0 Å². The molecule has 1 N–H and O–H groups in total. The summed E-state index contributed by atoms with van der Waals surface area (Å²) in [5.74, 6) is 0.754. The van der Waals surface area contributed by atoms with E-state index in [1.165, 1.54) is 13.0 Å². The van der Waals surface area contributed by atoms with E-state index in [1.807, 2.05) is 0 Å². The van der Waals surface area contributed by atoms with Crippen LogP contribution in [-0.4, -0.2) is 28.0 Å². The van der Waals surface area contributed by atoms with Crippen molar-refractivity contribution in [1.29, 1.82) is 0 Å². The van der Waals surface area contributed by atoms with Gasteiger partial charge in [0.25, 0.3) is 0 Å². The van der Waals surface area contributed by atoms with Crippen molar-refractivity contribution < 1.29 is 4.43 Å². The highest BCUT2D eigenvalue weighted by Crippen LogP contribution is 2.36. The van der Waals surface area contributed by atoms with Gasteiger partial charge >= 0.3 is 0 Å². The zero-order chi connectivity index (χ0) is 10.8. The van der Waals surface area contributed by atoms with Crippen LogP contribution in [0, 0.1) is 5.92 Å². The standard InChI is InChI=1S/C11H25NOSi/c1-11(2,3)14(4,5)13-9-10-6-7-12-8-10/h10,12H,6-9H2,1-5H3/t10-/m0/s1. The van der Waals surface area contributed by atoms with E-state index in [0.717, 1.165) is 19.1 Å². The molecule has 1 atom stereocenters. The third-order valence-electron chi connectivity index (χ3n) is 3.65. The summed E-state index contributed by atoms with van der Waals surface area (Å²) < 4.78 is 6.18. The number of hydrogen-bond donors (Lipinski definition) is 1. The third kappa shape index (κ3) is 3.07. The van der Waals surface area contributed by atoms with E-state index in [0.29, 0.717) is 5.04 Å². The first-order chi connectivity index (χ1) is 6.33. The second kappa shape index (κ2) is 4.33. The summed E-state index contributed by atoms with van der Waals surface area (Å²) in [5.41, 5.74) is 0. The van der Waals surface area contributed by atoms with E-state index < -0.39 is 8.32 Å². The minimum atomic E-state index is -1.50. The average molecular weight is 215 g/mol. The first-order valence-electron chi connectivity index (χ1n) is 5.67. The Hall–Kier alpha value is 0.137. The van der Waals surface area contributed by atoms with Crippen molar-refractivity contribution >= 4 is 8.32 Å². The van der Waals surface area contributed by atoms with Crippen LogP contribution in [0.1, 0.15) is 27.2 Å². The molecule has 0 aromatic carbocycles. The molecule has 2 nitrogen and oxygen atoms in total. The van der Waals surface area contributed by atoms with E-state index in [9.17, 15) is 0 Å². The summed E-state index contributed by atoms with van der Waals surface area (Å²) in [7, 11) is -1.50. The maximum Gasteiger partial charge on any atom is 0.191 e. The summed E-state index contributed by atoms with van der Waals surface area (Å²) in [6.07, 6.45) is 1.29. The number of nitrogens with one attached hydrogen (secondary N) is 1. The van der Waals surface area contributed by atoms with Gasteiger partial charge < -0.3 is 9.74 Å². The molecule has 0 radical (unpaired) electrons. The minimum Gasteiger partial charge on any atom is -0.416 e. The van der Waals surface area contributed by atoms with Crippen molar-refractivity contribution in [2.24, 2.45) is 5.92 Å². The Morgan fingerprint density at radius 1 is 1.36 bits per heavy atom. The lowest BCUT2D eigenvalue weighted by Gasteiger charge is -2.36. The molecule has 0 aromatic rings. The first-order valence-corrected chi connectivity index (χ1v) is 8.58. The van der Waals surface area contributed by atoms with Crippen LogP contribution in [0.3, 0.4) is 0 Å². The lowest BCUT2D eigenvalue weighted by Crippen LogP contribution is -2.42. The van der Waals surface area contributed by atoms with Crippen LogP contribution >= 0.6 is 0 Å². The van der Waals surface area contributed by atoms with Gasteiger partial charge in [-0.1, -0.05) is 20.8 Å². The van der Waals surface area contributed by atoms with Gasteiger partial charge in [-0.25, -0.2) is 0 Å². The zero-order valence-corrected chi connectivity index (χ0v) is 11.3. The zero-order valence-electron chi connectivity index (χ0n) is 10.3. The van der Waals surface area contributed by atoms with Gasteiger partial charge in [0.05, 0.1) is 0 Å². The molecule has 1 heterocycles. The van der Waals surface area contributed by atoms with Gasteiger partial charge in [0.1, 0.15) is 0 Å². The summed E-state index contributed by atoms with van der Waals surface area (Å²) in [6, 6.07) is 0. The fourth-order valence-electron chi connectivity index (χ4n) is 1.40. The average Bonchev–Trinajstić information content (AvgIpc) is 2.50. The topological polar surface area (TPSA) is 21.3 Å². The highest BCUT2D eigenvalue weighted by Gasteiger charge is 2.37. The summed E-state index contributed by atoms with van der Waals surface area (Å²) in [6.45, 7) is 14.8. The van der Waals surface area contributed by atoms with Crippen LogP contribution in [0.2, 0.25) is 18.1 Å². The van der Waals surface area contributed by atoms with Crippen LogP contribution < -0.4 is 5.32 Å². The van der Waals surface area contributed by atoms with Crippen LogP contribution in [0.5, 0.6) is 0 Å². The van der Waals surface area contributed by atoms with Crippen LogP contribution in [0.15, 0.2) is 0 Å². The van der Waals surface area contributed by atoms with Crippen molar-refractivity contribution in [3.63, 3.8) is 0 Å². The lowest BCUT2D eigenvalue weighted by molar-refractivity contribution is 0.237. The molecular weight excluding hydrogens is 190 g/mol. The number of hydrogen-bond acceptors (Lipinski definition) is 2. The minimum absolute atomic E-state index is 0.346. The highest BCUT2D eigenvalue weighted by molar-refractivity contribution is 6.74. The molecular formula is C11H25NOSi. The second-order valence-corrected chi connectivity index (χ2v) is 10.7. The maximum atomic E-state index is 6.18. The molecule has 0 aromatic heterocycles. The van der Waals surface area contributed by atoms with E-state index in [2.05, 4.69) is 39.2 Å². The lowest BCUT2D eigenvalue weighted by atomic mass is 10.1. The SMILES string of the molecule is CC(C)(C)[Si](C)(C)OC[C@H]1CCNC1. The Kier molecular flexibility index (Phi) is 3.78. The summed E-state index contributed by atoms with van der Waals surface area (Å²) in [4.78, 5) is 0. The molecule has 1 aliphatic rings. The Morgan fingerprint density at radius 2 is 2.00 bits per heavy atom. The van der Waals surface area contributed by atoms with Crippen molar-refractivity contribution in [2.45, 2.75) is 45.3 Å². The van der Waals surface area contributed by atoms with Gasteiger partial charge in [-0.05, 0) is 37.0 Å². The molecule has 0 bridgehead atoms. The molecule has 0 amide bonds. The molecule has 84 valence electrons. The fraction of sp³-hybridized carbons (Fsp3) is 1.00. The predicted molar refractivity (Wildman–Crippen MR) is 64.1 cm³/mol. The van der Waals surface area contributed by atoms with Crippen LogP contribution in [0.25, 0.3) is 0 Å². The van der Waals surface area contributed by atoms with Crippen LogP contribution in [0.4, 0.5) is 0 Å². The third-order valence-corrected chi connectivity index (χ3v) is 8.15. The Labute approximate surface area is 89.6 Å². The van der Waals surface area contributed by atoms with Crippen LogP contribution in [-0.2, 0) is 4.43 Å². The molecule has 0 spiro atoms. The molecule has 14 heavy (non-hydrogen) atoms. The van der Waals surface area contributed by atoms with Gasteiger partial charge in [0.15, 0.2) is 8.32 Å². The molecule has 1 rings (SSSR count). The van der Waals surface area contributed by atoms with E-state index >= 15 is 0 Å². The Morgan fingerprint density at radius 3 is 2.43 bits per heavy atom. The predicted octanol–water partition coefficient (Wildman–Crippen LogP) is 2.62. The van der Waals surface area contributed by atoms with Gasteiger partial charge in [-0.3, -0.25) is 0 Å². The van der Waals surface area contributed by atoms with E-state index in [4.69, 9.17) is 4.43 Å².